The maximum absolute atomic E-state index is 15.1. The molecule has 1 fully saturated rings. The molecule has 2 atom stereocenters. The molecule has 4 rings (SSSR count). The van der Waals surface area contributed by atoms with Crippen LogP contribution in [0.25, 0.3) is 10.8 Å². The van der Waals surface area contributed by atoms with Gasteiger partial charge in [-0.2, -0.15) is 8.78 Å². The number of aliphatic hydroxyl groups is 1. The van der Waals surface area contributed by atoms with Crippen molar-refractivity contribution in [1.82, 2.24) is 15.2 Å². The lowest BCUT2D eigenvalue weighted by Crippen LogP contribution is -2.51. The largest absolute Gasteiger partial charge is 0.475 e. The van der Waals surface area contributed by atoms with Gasteiger partial charge in [-0.1, -0.05) is 42.0 Å². The molecule has 1 aromatic heterocycles. The summed E-state index contributed by atoms with van der Waals surface area (Å²) < 4.78 is 35.7. The molecule has 6 nitrogen and oxygen atoms in total. The number of aromatic nitrogens is 1. The molecule has 0 saturated carbocycles. The number of carbonyl (C=O) groups excluding carboxylic acids is 1. The van der Waals surface area contributed by atoms with Crippen molar-refractivity contribution in [1.29, 1.82) is 0 Å². The summed E-state index contributed by atoms with van der Waals surface area (Å²) in [5.41, 5.74) is 2.28. The van der Waals surface area contributed by atoms with E-state index in [1.54, 1.807) is 12.1 Å². The van der Waals surface area contributed by atoms with Gasteiger partial charge in [0.25, 0.3) is 5.91 Å². The van der Waals surface area contributed by atoms with Crippen LogP contribution >= 0.6 is 0 Å². The van der Waals surface area contributed by atoms with Crippen LogP contribution in [0.3, 0.4) is 0 Å². The topological polar surface area (TPSA) is 74.7 Å². The first kappa shape index (κ1) is 27.9. The van der Waals surface area contributed by atoms with Gasteiger partial charge in [-0.05, 0) is 75.5 Å². The molecule has 3 aromatic rings. The minimum atomic E-state index is -3.59. The van der Waals surface area contributed by atoms with Crippen LogP contribution in [0.5, 0.6) is 5.88 Å². The van der Waals surface area contributed by atoms with E-state index in [9.17, 15) is 9.90 Å². The van der Waals surface area contributed by atoms with Crippen LogP contribution in [-0.2, 0) is 11.2 Å². The highest BCUT2D eigenvalue weighted by molar-refractivity contribution is 5.84. The zero-order valence-electron chi connectivity index (χ0n) is 22.3. The first-order chi connectivity index (χ1) is 18.1. The minimum absolute atomic E-state index is 0.0542. The fourth-order valence-corrected chi connectivity index (χ4v) is 4.84. The van der Waals surface area contributed by atoms with Gasteiger partial charge >= 0.3 is 5.92 Å². The highest BCUT2D eigenvalue weighted by Gasteiger charge is 2.40. The smallest absolute Gasteiger partial charge is 0.324 e. The van der Waals surface area contributed by atoms with E-state index >= 15 is 8.78 Å². The number of carbonyl (C=O) groups is 1. The summed E-state index contributed by atoms with van der Waals surface area (Å²) in [5.74, 6) is -4.55. The fraction of sp³-hybridized carbons (Fsp3) is 0.467. The van der Waals surface area contributed by atoms with Gasteiger partial charge in [0.15, 0.2) is 0 Å². The normalized spacial score (nSPS) is 16.1. The van der Waals surface area contributed by atoms with Crippen molar-refractivity contribution in [2.45, 2.75) is 70.6 Å². The number of likely N-dealkylation sites (tertiary alicyclic amines) is 1. The molecule has 2 unspecified atom stereocenters. The van der Waals surface area contributed by atoms with Crippen molar-refractivity contribution in [3.8, 4) is 5.88 Å². The van der Waals surface area contributed by atoms with Gasteiger partial charge in [-0.15, -0.1) is 0 Å². The molecular weight excluding hydrogens is 488 g/mol. The summed E-state index contributed by atoms with van der Waals surface area (Å²) >= 11 is 0. The van der Waals surface area contributed by atoms with Crippen LogP contribution in [0.4, 0.5) is 8.78 Å². The second kappa shape index (κ2) is 12.2. The minimum Gasteiger partial charge on any atom is -0.475 e. The molecule has 8 heteroatoms. The first-order valence-corrected chi connectivity index (χ1v) is 13.3. The second-order valence-corrected chi connectivity index (χ2v) is 10.5. The number of alkyl halides is 2. The average molecular weight is 526 g/mol. The van der Waals surface area contributed by atoms with Crippen LogP contribution in [0.1, 0.15) is 55.9 Å². The Morgan fingerprint density at radius 3 is 2.53 bits per heavy atom. The van der Waals surface area contributed by atoms with Gasteiger partial charge in [0, 0.05) is 30.8 Å². The van der Waals surface area contributed by atoms with Crippen LogP contribution in [-0.4, -0.2) is 58.6 Å². The Bertz CT molecular complexity index is 1230. The fourth-order valence-electron chi connectivity index (χ4n) is 4.84. The number of nitrogens with zero attached hydrogens (tertiary/aromatic N) is 2. The second-order valence-electron chi connectivity index (χ2n) is 10.5. The number of pyridine rings is 1. The van der Waals surface area contributed by atoms with Crippen LogP contribution in [0.2, 0.25) is 0 Å². The number of rotatable bonds is 11. The molecule has 1 aliphatic heterocycles. The summed E-state index contributed by atoms with van der Waals surface area (Å²) in [6.07, 6.45) is 1.66. The summed E-state index contributed by atoms with van der Waals surface area (Å²) in [5, 5.41) is 15.6. The van der Waals surface area contributed by atoms with Gasteiger partial charge in [-0.3, -0.25) is 4.79 Å². The molecule has 204 valence electrons. The van der Waals surface area contributed by atoms with Crippen molar-refractivity contribution >= 4 is 16.7 Å². The third-order valence-electron chi connectivity index (χ3n) is 6.93. The van der Waals surface area contributed by atoms with Crippen LogP contribution < -0.4 is 10.1 Å². The Labute approximate surface area is 223 Å². The zero-order valence-corrected chi connectivity index (χ0v) is 22.3. The molecule has 1 amide bonds. The Morgan fingerprint density at radius 2 is 1.84 bits per heavy atom. The highest BCUT2D eigenvalue weighted by atomic mass is 19.3. The molecule has 0 spiro atoms. The summed E-state index contributed by atoms with van der Waals surface area (Å²) in [4.78, 5) is 19.1. The van der Waals surface area contributed by atoms with Gasteiger partial charge in [0.05, 0.1) is 12.1 Å². The van der Waals surface area contributed by atoms with Gasteiger partial charge in [0.2, 0.25) is 5.88 Å². The summed E-state index contributed by atoms with van der Waals surface area (Å²) in [6, 6.07) is 14.0. The number of nitrogens with one attached hydrogen (secondary N) is 1. The Hall–Kier alpha value is -3.10. The van der Waals surface area contributed by atoms with Crippen molar-refractivity contribution in [2.24, 2.45) is 0 Å². The Morgan fingerprint density at radius 1 is 1.11 bits per heavy atom. The number of ether oxygens (including phenoxy) is 1. The molecule has 38 heavy (non-hydrogen) atoms. The molecule has 0 radical (unpaired) electrons. The van der Waals surface area contributed by atoms with E-state index < -0.39 is 30.4 Å². The third-order valence-corrected chi connectivity index (χ3v) is 6.93. The maximum atomic E-state index is 15.1. The molecular formula is C30H37F2N3O3. The molecule has 2 heterocycles. The van der Waals surface area contributed by atoms with E-state index in [0.717, 1.165) is 47.8 Å². The predicted octanol–water partition coefficient (Wildman–Crippen LogP) is 5.21. The number of halogens is 2. The van der Waals surface area contributed by atoms with Crippen molar-refractivity contribution in [3.63, 3.8) is 0 Å². The number of fused-ring (bicyclic) bond motifs is 1. The van der Waals surface area contributed by atoms with E-state index in [1.165, 1.54) is 6.20 Å². The number of benzene rings is 2. The predicted molar refractivity (Wildman–Crippen MR) is 145 cm³/mol. The Kier molecular flexibility index (Phi) is 8.95. The molecule has 2 aromatic carbocycles. The number of amides is 1. The van der Waals surface area contributed by atoms with Crippen molar-refractivity contribution in [3.05, 3.63) is 71.4 Å². The molecule has 1 saturated heterocycles. The van der Waals surface area contributed by atoms with Crippen molar-refractivity contribution in [2.75, 3.05) is 19.6 Å². The average Bonchev–Trinajstić information content (AvgIpc) is 3.39. The lowest BCUT2D eigenvalue weighted by Gasteiger charge is -2.30. The number of hydrogen-bond donors (Lipinski definition) is 2. The number of hydrogen-bond acceptors (Lipinski definition) is 5. The monoisotopic (exact) mass is 525 g/mol. The van der Waals surface area contributed by atoms with E-state index in [2.05, 4.69) is 15.2 Å². The van der Waals surface area contributed by atoms with Gasteiger partial charge < -0.3 is 20.1 Å². The van der Waals surface area contributed by atoms with Crippen LogP contribution in [0, 0.1) is 6.92 Å². The summed E-state index contributed by atoms with van der Waals surface area (Å²) in [7, 11) is 0. The molecule has 2 N–H and O–H groups in total. The van der Waals surface area contributed by atoms with Gasteiger partial charge in [0.1, 0.15) is 6.10 Å². The molecule has 1 aliphatic rings. The van der Waals surface area contributed by atoms with Crippen LogP contribution in [0.15, 0.2) is 54.7 Å². The number of aryl methyl sites for hydroxylation is 2. The maximum Gasteiger partial charge on any atom is 0.324 e. The highest BCUT2D eigenvalue weighted by Crippen LogP contribution is 2.26. The quantitative estimate of drug-likeness (QED) is 0.359. The van der Waals surface area contributed by atoms with Crippen molar-refractivity contribution < 1.29 is 23.4 Å². The molecule has 0 aliphatic carbocycles. The SMILES string of the molecule is Cc1ccc2ccc(CCC(F)(F)C(=O)NC(CN3CCCC3)C(O)c3ccc(OC(C)C)nc3)cc2c1. The third kappa shape index (κ3) is 7.26. The Balaban J connectivity index is 1.44. The lowest BCUT2D eigenvalue weighted by atomic mass is 9.99. The van der Waals surface area contributed by atoms with E-state index in [4.69, 9.17) is 4.74 Å². The first-order valence-electron chi connectivity index (χ1n) is 13.3. The standard InChI is InChI=1S/C30H37F2N3O3/c1-20(2)38-27-11-10-24(18-33-27)28(36)26(19-35-14-4-5-15-35)34-29(37)30(31,32)13-12-22-7-9-23-8-6-21(3)16-25(23)17-22/h6-11,16-18,20,26,28,36H,4-5,12-15,19H2,1-3H3,(H,34,37). The lowest BCUT2D eigenvalue weighted by molar-refractivity contribution is -0.148. The van der Waals surface area contributed by atoms with E-state index in [0.29, 0.717) is 11.4 Å². The van der Waals surface area contributed by atoms with E-state index in [-0.39, 0.29) is 19.1 Å². The van der Waals surface area contributed by atoms with Gasteiger partial charge in [-0.25, -0.2) is 4.98 Å². The molecule has 0 bridgehead atoms. The summed E-state index contributed by atoms with van der Waals surface area (Å²) in [6.45, 7) is 7.63. The zero-order chi connectivity index (χ0) is 27.3. The van der Waals surface area contributed by atoms with E-state index in [1.807, 2.05) is 57.2 Å². The number of aliphatic hydroxyl groups excluding tert-OH is 1.